The van der Waals surface area contributed by atoms with E-state index < -0.39 is 17.8 Å². The van der Waals surface area contributed by atoms with Crippen LogP contribution in [0.15, 0.2) is 48.7 Å². The third-order valence-corrected chi connectivity index (χ3v) is 5.33. The molecule has 0 unspecified atom stereocenters. The quantitative estimate of drug-likeness (QED) is 0.391. The van der Waals surface area contributed by atoms with Crippen LogP contribution in [0.1, 0.15) is 16.1 Å². The second-order valence-electron chi connectivity index (χ2n) is 7.41. The van der Waals surface area contributed by atoms with Crippen LogP contribution in [0.2, 0.25) is 0 Å². The minimum atomic E-state index is -4.77. The number of methoxy groups -OCH3 is 4. The fourth-order valence-electron chi connectivity index (χ4n) is 3.58. The number of rotatable bonds is 7. The van der Waals surface area contributed by atoms with Gasteiger partial charge in [-0.25, -0.2) is 9.50 Å². The Morgan fingerprint density at radius 1 is 0.861 bits per heavy atom. The minimum absolute atomic E-state index is 0.0311. The molecule has 0 saturated heterocycles. The Morgan fingerprint density at radius 3 is 2.08 bits per heavy atom. The number of amides is 1. The van der Waals surface area contributed by atoms with Crippen molar-refractivity contribution in [3.63, 3.8) is 0 Å². The molecule has 0 atom stereocenters. The van der Waals surface area contributed by atoms with E-state index in [9.17, 15) is 18.0 Å². The number of nitrogens with one attached hydrogen (secondary N) is 1. The molecule has 36 heavy (non-hydrogen) atoms. The van der Waals surface area contributed by atoms with Crippen LogP contribution in [0.4, 0.5) is 18.9 Å². The summed E-state index contributed by atoms with van der Waals surface area (Å²) in [4.78, 5) is 17.4. The third kappa shape index (κ3) is 4.57. The fraction of sp³-hybridized carbons (Fsp3) is 0.208. The molecule has 0 aliphatic rings. The monoisotopic (exact) mass is 502 g/mol. The van der Waals surface area contributed by atoms with E-state index in [2.05, 4.69) is 15.4 Å². The van der Waals surface area contributed by atoms with Gasteiger partial charge in [-0.15, -0.1) is 0 Å². The second kappa shape index (κ2) is 9.64. The predicted octanol–water partition coefficient (Wildman–Crippen LogP) is 4.70. The maximum Gasteiger partial charge on any atom is 0.433 e. The summed E-state index contributed by atoms with van der Waals surface area (Å²) in [6.07, 6.45) is -3.73. The number of ether oxygens (including phenoxy) is 4. The Morgan fingerprint density at radius 2 is 1.47 bits per heavy atom. The summed E-state index contributed by atoms with van der Waals surface area (Å²) in [5, 5.41) is 6.42. The molecule has 2 aromatic heterocycles. The van der Waals surface area contributed by atoms with E-state index >= 15 is 0 Å². The van der Waals surface area contributed by atoms with Crippen molar-refractivity contribution in [1.29, 1.82) is 0 Å². The summed E-state index contributed by atoms with van der Waals surface area (Å²) in [6.45, 7) is 0. The van der Waals surface area contributed by atoms with Crippen molar-refractivity contribution >= 4 is 17.2 Å². The van der Waals surface area contributed by atoms with E-state index in [1.807, 2.05) is 0 Å². The Balaban J connectivity index is 1.81. The van der Waals surface area contributed by atoms with Crippen molar-refractivity contribution in [3.05, 3.63) is 59.9 Å². The van der Waals surface area contributed by atoms with Crippen LogP contribution in [0.25, 0.3) is 16.9 Å². The van der Waals surface area contributed by atoms with Crippen LogP contribution in [-0.4, -0.2) is 48.9 Å². The smallest absolute Gasteiger partial charge is 0.433 e. The van der Waals surface area contributed by atoms with Gasteiger partial charge in [0, 0.05) is 17.3 Å². The lowest BCUT2D eigenvalue weighted by Crippen LogP contribution is -2.16. The Hall–Kier alpha value is -4.48. The van der Waals surface area contributed by atoms with E-state index in [1.54, 1.807) is 24.3 Å². The molecule has 0 radical (unpaired) electrons. The largest absolute Gasteiger partial charge is 0.493 e. The number of fused-ring (bicyclic) bond motifs is 1. The van der Waals surface area contributed by atoms with Crippen LogP contribution in [-0.2, 0) is 6.18 Å². The van der Waals surface area contributed by atoms with Crippen molar-refractivity contribution in [1.82, 2.24) is 14.6 Å². The molecular weight excluding hydrogens is 481 g/mol. The zero-order valence-corrected chi connectivity index (χ0v) is 19.6. The van der Waals surface area contributed by atoms with Crippen molar-refractivity contribution in [2.24, 2.45) is 0 Å². The van der Waals surface area contributed by atoms with Gasteiger partial charge in [0.1, 0.15) is 5.56 Å². The molecule has 0 fully saturated rings. The fourth-order valence-corrected chi connectivity index (χ4v) is 3.58. The standard InChI is InChI=1S/C24H21F3N4O5/c1-33-17-7-5-13(9-19(17)35-3)16-11-21(24(25,26)27)31-22(30-16)15(12-28-31)23(32)29-14-6-8-18(34-2)20(10-14)36-4/h5-12H,1-4H3,(H,29,32). The number of benzene rings is 2. The first kappa shape index (κ1) is 24.6. The van der Waals surface area contributed by atoms with Crippen LogP contribution in [0.5, 0.6) is 23.0 Å². The van der Waals surface area contributed by atoms with Gasteiger partial charge in [0.2, 0.25) is 0 Å². The number of anilines is 1. The number of aromatic nitrogens is 3. The number of carbonyl (C=O) groups excluding carboxylic acids is 1. The average molecular weight is 502 g/mol. The minimum Gasteiger partial charge on any atom is -0.493 e. The van der Waals surface area contributed by atoms with Crippen molar-refractivity contribution in [2.75, 3.05) is 33.8 Å². The molecule has 188 valence electrons. The van der Waals surface area contributed by atoms with Gasteiger partial charge < -0.3 is 24.3 Å². The van der Waals surface area contributed by atoms with E-state index in [1.165, 1.54) is 40.6 Å². The number of carbonyl (C=O) groups is 1. The lowest BCUT2D eigenvalue weighted by molar-refractivity contribution is -0.142. The third-order valence-electron chi connectivity index (χ3n) is 5.33. The topological polar surface area (TPSA) is 96.2 Å². The highest BCUT2D eigenvalue weighted by Crippen LogP contribution is 2.36. The molecule has 4 rings (SSSR count). The van der Waals surface area contributed by atoms with Crippen molar-refractivity contribution in [2.45, 2.75) is 6.18 Å². The average Bonchev–Trinajstić information content (AvgIpc) is 3.31. The Bertz CT molecular complexity index is 1440. The van der Waals surface area contributed by atoms with Gasteiger partial charge in [-0.2, -0.15) is 18.3 Å². The van der Waals surface area contributed by atoms with Crippen molar-refractivity contribution in [3.8, 4) is 34.3 Å². The van der Waals surface area contributed by atoms with Gasteiger partial charge in [-0.1, -0.05) is 0 Å². The van der Waals surface area contributed by atoms with Gasteiger partial charge in [0.05, 0.1) is 40.3 Å². The van der Waals surface area contributed by atoms with Gasteiger partial charge in [-0.05, 0) is 36.4 Å². The summed E-state index contributed by atoms with van der Waals surface area (Å²) >= 11 is 0. The first-order chi connectivity index (χ1) is 17.2. The molecule has 0 bridgehead atoms. The van der Waals surface area contributed by atoms with Crippen LogP contribution in [0, 0.1) is 0 Å². The van der Waals surface area contributed by atoms with Crippen LogP contribution < -0.4 is 24.3 Å². The molecular formula is C24H21F3N4O5. The van der Waals surface area contributed by atoms with Gasteiger partial charge >= 0.3 is 6.18 Å². The molecule has 4 aromatic rings. The highest BCUT2D eigenvalue weighted by atomic mass is 19.4. The summed E-state index contributed by atoms with van der Waals surface area (Å²) in [5.41, 5.74) is -0.888. The lowest BCUT2D eigenvalue weighted by Gasteiger charge is -2.13. The first-order valence-electron chi connectivity index (χ1n) is 10.4. The summed E-state index contributed by atoms with van der Waals surface area (Å²) in [6, 6.07) is 10.1. The molecule has 1 N–H and O–H groups in total. The van der Waals surface area contributed by atoms with Crippen molar-refractivity contribution < 1.29 is 36.9 Å². The predicted molar refractivity (Wildman–Crippen MR) is 124 cm³/mol. The summed E-state index contributed by atoms with van der Waals surface area (Å²) < 4.78 is 63.2. The normalized spacial score (nSPS) is 11.3. The molecule has 9 nitrogen and oxygen atoms in total. The maximum absolute atomic E-state index is 13.9. The molecule has 0 saturated carbocycles. The molecule has 0 aliphatic heterocycles. The number of nitrogens with zero attached hydrogens (tertiary/aromatic N) is 3. The molecule has 2 aromatic carbocycles. The van der Waals surface area contributed by atoms with E-state index in [0.29, 0.717) is 38.8 Å². The van der Waals surface area contributed by atoms with Gasteiger partial charge in [0.25, 0.3) is 5.91 Å². The molecule has 1 amide bonds. The SMILES string of the molecule is COc1ccc(NC(=O)c2cnn3c(C(F)(F)F)cc(-c4ccc(OC)c(OC)c4)nc23)cc1OC. The molecule has 0 aliphatic carbocycles. The number of alkyl halides is 3. The summed E-state index contributed by atoms with van der Waals surface area (Å²) in [5.74, 6) is 0.816. The van der Waals surface area contributed by atoms with E-state index in [4.69, 9.17) is 18.9 Å². The zero-order valence-electron chi connectivity index (χ0n) is 19.6. The highest BCUT2D eigenvalue weighted by molar-refractivity contribution is 6.08. The molecule has 12 heteroatoms. The van der Waals surface area contributed by atoms with Crippen LogP contribution in [0.3, 0.4) is 0 Å². The molecule has 0 spiro atoms. The van der Waals surface area contributed by atoms with E-state index in [-0.39, 0.29) is 16.9 Å². The Labute approximate surface area is 203 Å². The zero-order chi connectivity index (χ0) is 26.0. The maximum atomic E-state index is 13.9. The number of hydrogen-bond donors (Lipinski definition) is 1. The summed E-state index contributed by atoms with van der Waals surface area (Å²) in [7, 11) is 5.76. The van der Waals surface area contributed by atoms with E-state index in [0.717, 1.165) is 12.3 Å². The van der Waals surface area contributed by atoms with Gasteiger partial charge in [0.15, 0.2) is 34.3 Å². The van der Waals surface area contributed by atoms with Gasteiger partial charge in [-0.3, -0.25) is 4.79 Å². The number of halogens is 3. The lowest BCUT2D eigenvalue weighted by atomic mass is 10.1. The van der Waals surface area contributed by atoms with Crippen LogP contribution >= 0.6 is 0 Å². The second-order valence-corrected chi connectivity index (χ2v) is 7.41. The number of hydrogen-bond acceptors (Lipinski definition) is 7. The highest BCUT2D eigenvalue weighted by Gasteiger charge is 2.36. The Kier molecular flexibility index (Phi) is 6.60. The molecule has 2 heterocycles. The first-order valence-corrected chi connectivity index (χ1v) is 10.4.